The van der Waals surface area contributed by atoms with Gasteiger partial charge in [-0.2, -0.15) is 0 Å². The van der Waals surface area contributed by atoms with E-state index in [4.69, 9.17) is 4.74 Å². The van der Waals surface area contributed by atoms with E-state index < -0.39 is 5.57 Å². The van der Waals surface area contributed by atoms with Gasteiger partial charge in [-0.05, 0) is 19.4 Å². The Morgan fingerprint density at radius 3 is 1.90 bits per heavy atom. The lowest BCUT2D eigenvalue weighted by atomic mass is 10.1. The minimum atomic E-state index is -0.843. The highest BCUT2D eigenvalue weighted by atomic mass is 127. The summed E-state index contributed by atoms with van der Waals surface area (Å²) in [5.74, 6) is -0.258. The molecule has 0 unspecified atom stereocenters. The molecule has 0 fully saturated rings. The van der Waals surface area contributed by atoms with Gasteiger partial charge in [0.15, 0.2) is 0 Å². The molecule has 0 heterocycles. The molecule has 0 aromatic rings. The summed E-state index contributed by atoms with van der Waals surface area (Å²) in [7, 11) is 0. The third-order valence-corrected chi connectivity index (χ3v) is 6.41. The zero-order valence-electron chi connectivity index (χ0n) is 13.5. The van der Waals surface area contributed by atoms with Crippen molar-refractivity contribution in [1.29, 1.82) is 0 Å². The van der Waals surface area contributed by atoms with Crippen LogP contribution in [0.25, 0.3) is 0 Å². The van der Waals surface area contributed by atoms with Crippen molar-refractivity contribution in [2.75, 3.05) is 6.61 Å². The molecule has 0 aromatic heterocycles. The minimum Gasteiger partial charge on any atom is -0.462 e. The third kappa shape index (κ3) is 14.6. The second-order valence-corrected chi connectivity index (χ2v) is 18.9. The van der Waals surface area contributed by atoms with Gasteiger partial charge in [0.1, 0.15) is 5.57 Å². The standard InChI is InChI=1S/C16H31IO2Si/c1-15(2)16(18)19-13-11-9-7-5-6-8-10-12-14-20(3,4)17/h1,5-14H2,2-4H3. The lowest BCUT2D eigenvalue weighted by Gasteiger charge is -2.12. The molecule has 0 saturated carbocycles. The smallest absolute Gasteiger partial charge is 0.333 e. The summed E-state index contributed by atoms with van der Waals surface area (Å²) in [6.45, 7) is 10.7. The molecule has 2 nitrogen and oxygen atoms in total. The number of halogens is 1. The molecule has 0 aliphatic carbocycles. The highest BCUT2D eigenvalue weighted by Crippen LogP contribution is 2.21. The van der Waals surface area contributed by atoms with E-state index in [1.54, 1.807) is 6.92 Å². The molecule has 0 aliphatic rings. The van der Waals surface area contributed by atoms with Crippen molar-refractivity contribution in [1.82, 2.24) is 0 Å². The van der Waals surface area contributed by atoms with Crippen LogP contribution in [0.15, 0.2) is 12.2 Å². The molecule has 0 saturated heterocycles. The zero-order chi connectivity index (χ0) is 15.4. The fourth-order valence-electron chi connectivity index (χ4n) is 2.00. The molecule has 0 bridgehead atoms. The summed E-state index contributed by atoms with van der Waals surface area (Å²) >= 11 is 2.67. The lowest BCUT2D eigenvalue weighted by molar-refractivity contribution is -0.139. The van der Waals surface area contributed by atoms with Gasteiger partial charge in [0, 0.05) is 5.57 Å². The highest BCUT2D eigenvalue weighted by molar-refractivity contribution is 14.1. The van der Waals surface area contributed by atoms with E-state index in [9.17, 15) is 4.79 Å². The SMILES string of the molecule is C=C(C)C(=O)OCCCCCCCCCC[Si](C)(C)I. The first-order chi connectivity index (χ1) is 9.33. The van der Waals surface area contributed by atoms with Crippen LogP contribution in [0.4, 0.5) is 0 Å². The molecule has 20 heavy (non-hydrogen) atoms. The summed E-state index contributed by atoms with van der Waals surface area (Å²) < 4.78 is 5.06. The van der Waals surface area contributed by atoms with E-state index in [0.717, 1.165) is 12.8 Å². The van der Waals surface area contributed by atoms with E-state index in [0.29, 0.717) is 12.2 Å². The van der Waals surface area contributed by atoms with Crippen LogP contribution in [0.1, 0.15) is 58.3 Å². The van der Waals surface area contributed by atoms with Gasteiger partial charge in [0.2, 0.25) is 0 Å². The first kappa shape index (κ1) is 20.2. The summed E-state index contributed by atoms with van der Waals surface area (Å²) in [4.78, 5) is 11.1. The van der Waals surface area contributed by atoms with Gasteiger partial charge in [-0.15, -0.1) is 21.8 Å². The molecular weight excluding hydrogens is 379 g/mol. The molecule has 118 valence electrons. The van der Waals surface area contributed by atoms with Crippen LogP contribution in [0, 0.1) is 0 Å². The first-order valence-electron chi connectivity index (χ1n) is 7.84. The van der Waals surface area contributed by atoms with Crippen molar-refractivity contribution in [3.63, 3.8) is 0 Å². The maximum absolute atomic E-state index is 11.1. The molecule has 0 aliphatic heterocycles. The van der Waals surface area contributed by atoms with Crippen molar-refractivity contribution in [3.05, 3.63) is 12.2 Å². The number of hydrogen-bond acceptors (Lipinski definition) is 2. The molecule has 4 heteroatoms. The van der Waals surface area contributed by atoms with Gasteiger partial charge in [-0.25, -0.2) is 4.79 Å². The maximum atomic E-state index is 11.1. The Kier molecular flexibility index (Phi) is 11.9. The number of unbranched alkanes of at least 4 members (excludes halogenated alkanes) is 7. The zero-order valence-corrected chi connectivity index (χ0v) is 16.6. The summed E-state index contributed by atoms with van der Waals surface area (Å²) in [6, 6.07) is 1.46. The maximum Gasteiger partial charge on any atom is 0.333 e. The van der Waals surface area contributed by atoms with Crippen LogP contribution >= 0.6 is 21.8 Å². The van der Waals surface area contributed by atoms with E-state index in [-0.39, 0.29) is 5.97 Å². The van der Waals surface area contributed by atoms with E-state index in [1.165, 1.54) is 44.6 Å². The van der Waals surface area contributed by atoms with Gasteiger partial charge in [0.05, 0.1) is 6.61 Å². The fourth-order valence-corrected chi connectivity index (χ4v) is 4.23. The summed E-state index contributed by atoms with van der Waals surface area (Å²) in [5.41, 5.74) is -0.354. The molecule has 0 N–H and O–H groups in total. The summed E-state index contributed by atoms with van der Waals surface area (Å²) in [6.07, 6.45) is 10.3. The second-order valence-electron chi connectivity index (χ2n) is 6.21. The molecule has 0 rings (SSSR count). The molecule has 0 amide bonds. The van der Waals surface area contributed by atoms with Crippen molar-refractivity contribution in [3.8, 4) is 0 Å². The topological polar surface area (TPSA) is 26.3 Å². The monoisotopic (exact) mass is 410 g/mol. The van der Waals surface area contributed by atoms with E-state index in [2.05, 4.69) is 41.5 Å². The lowest BCUT2D eigenvalue weighted by Crippen LogP contribution is -2.13. The average molecular weight is 410 g/mol. The number of rotatable bonds is 12. The summed E-state index contributed by atoms with van der Waals surface area (Å²) in [5, 5.41) is 0. The van der Waals surface area contributed by atoms with Gasteiger partial charge in [-0.1, -0.05) is 64.6 Å². The first-order valence-corrected chi connectivity index (χ1v) is 14.2. The Hall–Kier alpha value is 0.157. The highest BCUT2D eigenvalue weighted by Gasteiger charge is 2.14. The Morgan fingerprint density at radius 2 is 1.45 bits per heavy atom. The molecule has 0 aromatic carbocycles. The van der Waals surface area contributed by atoms with Crippen LogP contribution in [-0.2, 0) is 9.53 Å². The van der Waals surface area contributed by atoms with E-state index in [1.807, 2.05) is 0 Å². The van der Waals surface area contributed by atoms with Crippen molar-refractivity contribution >= 4 is 33.3 Å². The quantitative estimate of drug-likeness (QED) is 0.101. The number of carbonyl (C=O) groups is 1. The second kappa shape index (κ2) is 11.8. The van der Waals surface area contributed by atoms with Crippen molar-refractivity contribution in [2.24, 2.45) is 0 Å². The molecular formula is C16H31IO2Si. The normalized spacial score (nSPS) is 11.4. The predicted octanol–water partition coefficient (Wildman–Crippen LogP) is 5.87. The third-order valence-electron chi connectivity index (χ3n) is 3.25. The van der Waals surface area contributed by atoms with Crippen LogP contribution in [0.3, 0.4) is 0 Å². The van der Waals surface area contributed by atoms with Gasteiger partial charge in [0.25, 0.3) is 0 Å². The molecule has 0 spiro atoms. The Balaban J connectivity index is 3.18. The number of carbonyl (C=O) groups excluding carboxylic acids is 1. The van der Waals surface area contributed by atoms with Crippen LogP contribution in [-0.4, -0.2) is 18.1 Å². The molecule has 0 radical (unpaired) electrons. The van der Waals surface area contributed by atoms with E-state index >= 15 is 0 Å². The van der Waals surface area contributed by atoms with Gasteiger partial charge < -0.3 is 4.74 Å². The largest absolute Gasteiger partial charge is 0.462 e. The molecule has 0 atom stereocenters. The number of hydrogen-bond donors (Lipinski definition) is 0. The van der Waals surface area contributed by atoms with Gasteiger partial charge in [-0.3, -0.25) is 0 Å². The van der Waals surface area contributed by atoms with Crippen LogP contribution in [0.5, 0.6) is 0 Å². The number of ether oxygens (including phenoxy) is 1. The Morgan fingerprint density at radius 1 is 1.00 bits per heavy atom. The average Bonchev–Trinajstić information content (AvgIpc) is 2.34. The van der Waals surface area contributed by atoms with Gasteiger partial charge >= 0.3 is 5.97 Å². The number of esters is 1. The van der Waals surface area contributed by atoms with Crippen LogP contribution < -0.4 is 0 Å². The van der Waals surface area contributed by atoms with Crippen LogP contribution in [0.2, 0.25) is 19.1 Å². The van der Waals surface area contributed by atoms with Crippen molar-refractivity contribution < 1.29 is 9.53 Å². The fraction of sp³-hybridized carbons (Fsp3) is 0.812. The predicted molar refractivity (Wildman–Crippen MR) is 99.0 cm³/mol. The van der Waals surface area contributed by atoms with Crippen molar-refractivity contribution in [2.45, 2.75) is 77.4 Å². The Bertz CT molecular complexity index is 285. The Labute approximate surface area is 139 Å². The minimum absolute atomic E-state index is 0.258.